The van der Waals surface area contributed by atoms with Crippen molar-refractivity contribution in [1.29, 1.82) is 0 Å². The van der Waals surface area contributed by atoms with E-state index in [1.807, 2.05) is 11.9 Å². The second kappa shape index (κ2) is 1.87. The zero-order chi connectivity index (χ0) is 7.14. The van der Waals surface area contributed by atoms with Crippen LogP contribution in [0.25, 0.3) is 0 Å². The summed E-state index contributed by atoms with van der Waals surface area (Å²) in [6.45, 7) is 0. The molecule has 1 saturated carbocycles. The number of amides is 2. The third kappa shape index (κ3) is 0.632. The van der Waals surface area contributed by atoms with Crippen molar-refractivity contribution in [2.24, 2.45) is 0 Å². The molecule has 2 rings (SSSR count). The zero-order valence-corrected chi connectivity index (χ0v) is 6.13. The standard InChI is InChI=1S/C7H12N2O/c1-9-6-4-2-3-5(6)8-7(9)10/h5-6H,2-4H2,1H3,(H,8,10). The Kier molecular flexibility index (Phi) is 1.13. The normalized spacial score (nSPS) is 38.1. The van der Waals surface area contributed by atoms with Crippen molar-refractivity contribution < 1.29 is 4.79 Å². The van der Waals surface area contributed by atoms with E-state index in [0.717, 1.165) is 0 Å². The van der Waals surface area contributed by atoms with Crippen LogP contribution in [0.1, 0.15) is 19.3 Å². The molecule has 2 amide bonds. The fraction of sp³-hybridized carbons (Fsp3) is 0.857. The number of nitrogens with zero attached hydrogens (tertiary/aromatic N) is 1. The maximum atomic E-state index is 11.0. The van der Waals surface area contributed by atoms with Gasteiger partial charge in [-0.05, 0) is 19.3 Å². The first-order chi connectivity index (χ1) is 4.79. The van der Waals surface area contributed by atoms with Gasteiger partial charge in [-0.2, -0.15) is 0 Å². The van der Waals surface area contributed by atoms with Gasteiger partial charge in [-0.25, -0.2) is 4.79 Å². The number of hydrogen-bond donors (Lipinski definition) is 1. The Bertz CT molecular complexity index is 169. The quantitative estimate of drug-likeness (QED) is 0.524. The summed E-state index contributed by atoms with van der Waals surface area (Å²) in [5, 5.41) is 2.95. The van der Waals surface area contributed by atoms with Crippen LogP contribution in [0.15, 0.2) is 0 Å². The minimum atomic E-state index is 0.106. The van der Waals surface area contributed by atoms with E-state index < -0.39 is 0 Å². The minimum Gasteiger partial charge on any atom is -0.333 e. The molecule has 3 nitrogen and oxygen atoms in total. The summed E-state index contributed by atoms with van der Waals surface area (Å²) in [5.41, 5.74) is 0. The van der Waals surface area contributed by atoms with Gasteiger partial charge in [0.2, 0.25) is 0 Å². The van der Waals surface area contributed by atoms with Crippen LogP contribution >= 0.6 is 0 Å². The number of urea groups is 1. The van der Waals surface area contributed by atoms with Gasteiger partial charge >= 0.3 is 6.03 Å². The van der Waals surface area contributed by atoms with Gasteiger partial charge in [-0.3, -0.25) is 0 Å². The molecule has 0 aromatic heterocycles. The number of fused-ring (bicyclic) bond motifs is 1. The van der Waals surface area contributed by atoms with Gasteiger partial charge in [0, 0.05) is 7.05 Å². The fourth-order valence-electron chi connectivity index (χ4n) is 1.98. The van der Waals surface area contributed by atoms with Crippen molar-refractivity contribution in [2.75, 3.05) is 7.05 Å². The third-order valence-electron chi connectivity index (χ3n) is 2.61. The fourth-order valence-corrected chi connectivity index (χ4v) is 1.98. The molecule has 0 spiro atoms. The van der Waals surface area contributed by atoms with Crippen LogP contribution < -0.4 is 5.32 Å². The van der Waals surface area contributed by atoms with E-state index in [-0.39, 0.29) is 6.03 Å². The van der Waals surface area contributed by atoms with E-state index in [4.69, 9.17) is 0 Å². The third-order valence-corrected chi connectivity index (χ3v) is 2.61. The molecule has 0 aromatic rings. The number of carbonyl (C=O) groups is 1. The lowest BCUT2D eigenvalue weighted by molar-refractivity contribution is 0.215. The van der Waals surface area contributed by atoms with Crippen molar-refractivity contribution in [3.05, 3.63) is 0 Å². The molecule has 2 unspecified atom stereocenters. The number of rotatable bonds is 0. The lowest BCUT2D eigenvalue weighted by Gasteiger charge is -2.14. The number of nitrogens with one attached hydrogen (secondary N) is 1. The van der Waals surface area contributed by atoms with Gasteiger partial charge in [-0.15, -0.1) is 0 Å². The van der Waals surface area contributed by atoms with Crippen LogP contribution in [0.3, 0.4) is 0 Å². The Morgan fingerprint density at radius 1 is 1.60 bits per heavy atom. The van der Waals surface area contributed by atoms with Crippen LogP contribution in [-0.2, 0) is 0 Å². The van der Waals surface area contributed by atoms with Crippen molar-refractivity contribution in [3.63, 3.8) is 0 Å². The van der Waals surface area contributed by atoms with E-state index in [0.29, 0.717) is 12.1 Å². The molecule has 0 bridgehead atoms. The van der Waals surface area contributed by atoms with Crippen molar-refractivity contribution in [2.45, 2.75) is 31.3 Å². The summed E-state index contributed by atoms with van der Waals surface area (Å²) in [7, 11) is 1.88. The highest BCUT2D eigenvalue weighted by Crippen LogP contribution is 2.27. The van der Waals surface area contributed by atoms with Crippen LogP contribution in [-0.4, -0.2) is 30.1 Å². The largest absolute Gasteiger partial charge is 0.333 e. The SMILES string of the molecule is CN1C(=O)NC2CCCC21. The monoisotopic (exact) mass is 140 g/mol. The summed E-state index contributed by atoms with van der Waals surface area (Å²) in [6.07, 6.45) is 3.61. The zero-order valence-electron chi connectivity index (χ0n) is 6.13. The van der Waals surface area contributed by atoms with E-state index in [1.165, 1.54) is 19.3 Å². The molecule has 0 radical (unpaired) electrons. The molecule has 1 aliphatic carbocycles. The second-order valence-electron chi connectivity index (χ2n) is 3.17. The summed E-state index contributed by atoms with van der Waals surface area (Å²) in [6, 6.07) is 1.06. The molecule has 10 heavy (non-hydrogen) atoms. The molecule has 1 aliphatic heterocycles. The van der Waals surface area contributed by atoms with Crippen LogP contribution in [0.2, 0.25) is 0 Å². The Morgan fingerprint density at radius 3 is 3.10 bits per heavy atom. The molecule has 2 atom stereocenters. The van der Waals surface area contributed by atoms with E-state index in [1.54, 1.807) is 0 Å². The molecule has 56 valence electrons. The van der Waals surface area contributed by atoms with Gasteiger partial charge in [0.05, 0.1) is 12.1 Å². The Morgan fingerprint density at radius 2 is 2.40 bits per heavy atom. The second-order valence-corrected chi connectivity index (χ2v) is 3.17. The average molecular weight is 140 g/mol. The molecule has 1 N–H and O–H groups in total. The number of likely N-dealkylation sites (N-methyl/N-ethyl adjacent to an activating group) is 1. The first kappa shape index (κ1) is 6.01. The molecular formula is C7H12N2O. The minimum absolute atomic E-state index is 0.106. The van der Waals surface area contributed by atoms with Crippen LogP contribution in [0.5, 0.6) is 0 Å². The first-order valence-electron chi connectivity index (χ1n) is 3.82. The lowest BCUT2D eigenvalue weighted by atomic mass is 10.2. The van der Waals surface area contributed by atoms with Gasteiger partial charge in [0.1, 0.15) is 0 Å². The topological polar surface area (TPSA) is 32.3 Å². The highest BCUT2D eigenvalue weighted by Gasteiger charge is 2.39. The number of carbonyl (C=O) groups excluding carboxylic acids is 1. The highest BCUT2D eigenvalue weighted by molar-refractivity contribution is 5.77. The van der Waals surface area contributed by atoms with Crippen LogP contribution in [0, 0.1) is 0 Å². The molecule has 2 fully saturated rings. The molecule has 3 heteroatoms. The molecule has 0 aromatic carbocycles. The molecule has 1 saturated heterocycles. The Hall–Kier alpha value is -0.730. The van der Waals surface area contributed by atoms with Gasteiger partial charge < -0.3 is 10.2 Å². The van der Waals surface area contributed by atoms with Gasteiger partial charge in [0.25, 0.3) is 0 Å². The van der Waals surface area contributed by atoms with Gasteiger partial charge in [0.15, 0.2) is 0 Å². The Balaban J connectivity index is 2.16. The molecule has 1 heterocycles. The lowest BCUT2D eigenvalue weighted by Crippen LogP contribution is -2.29. The molecular weight excluding hydrogens is 128 g/mol. The van der Waals surface area contributed by atoms with E-state index in [2.05, 4.69) is 5.32 Å². The summed E-state index contributed by atoms with van der Waals surface area (Å²) < 4.78 is 0. The predicted molar refractivity (Wildman–Crippen MR) is 37.7 cm³/mol. The summed E-state index contributed by atoms with van der Waals surface area (Å²) >= 11 is 0. The van der Waals surface area contributed by atoms with E-state index >= 15 is 0 Å². The number of hydrogen-bond acceptors (Lipinski definition) is 1. The van der Waals surface area contributed by atoms with Gasteiger partial charge in [-0.1, -0.05) is 0 Å². The first-order valence-corrected chi connectivity index (χ1v) is 3.82. The Labute approximate surface area is 60.4 Å². The maximum absolute atomic E-state index is 11.0. The maximum Gasteiger partial charge on any atom is 0.317 e. The molecule has 2 aliphatic rings. The van der Waals surface area contributed by atoms with Crippen molar-refractivity contribution in [3.8, 4) is 0 Å². The van der Waals surface area contributed by atoms with Crippen LogP contribution in [0.4, 0.5) is 4.79 Å². The predicted octanol–water partition coefficient (Wildman–Crippen LogP) is 0.562. The smallest absolute Gasteiger partial charge is 0.317 e. The summed E-state index contributed by atoms with van der Waals surface area (Å²) in [5.74, 6) is 0. The average Bonchev–Trinajstić information content (AvgIpc) is 2.41. The van der Waals surface area contributed by atoms with Crippen molar-refractivity contribution in [1.82, 2.24) is 10.2 Å². The van der Waals surface area contributed by atoms with E-state index in [9.17, 15) is 4.79 Å². The summed E-state index contributed by atoms with van der Waals surface area (Å²) in [4.78, 5) is 12.8. The van der Waals surface area contributed by atoms with Crippen molar-refractivity contribution >= 4 is 6.03 Å². The highest BCUT2D eigenvalue weighted by atomic mass is 16.2.